The number of carbonyl (C=O) groups is 3. The maximum atomic E-state index is 12.9. The minimum atomic E-state index is -1.10. The van der Waals surface area contributed by atoms with E-state index in [9.17, 15) is 14.4 Å². The summed E-state index contributed by atoms with van der Waals surface area (Å²) in [6.07, 6.45) is -1.10. The highest BCUT2D eigenvalue weighted by Gasteiger charge is 2.26. The molecule has 0 saturated carbocycles. The quantitative estimate of drug-likeness (QED) is 0.459. The van der Waals surface area contributed by atoms with Crippen molar-refractivity contribution in [3.63, 3.8) is 0 Å². The van der Waals surface area contributed by atoms with E-state index in [2.05, 4.69) is 5.32 Å². The fraction of sp³-hybridized carbons (Fsp3) is 0.125. The molecule has 0 fully saturated rings. The molecule has 0 aliphatic rings. The number of ketones is 1. The van der Waals surface area contributed by atoms with E-state index < -0.39 is 18.0 Å². The number of benzene rings is 3. The van der Waals surface area contributed by atoms with Crippen molar-refractivity contribution in [1.82, 2.24) is 5.32 Å². The molecule has 1 amide bonds. The lowest BCUT2D eigenvalue weighted by molar-refractivity contribution is -0.146. The number of rotatable bonds is 8. The molecule has 0 saturated heterocycles. The minimum absolute atomic E-state index is 0.339. The van der Waals surface area contributed by atoms with Crippen LogP contribution in [0.2, 0.25) is 0 Å². The zero-order chi connectivity index (χ0) is 21.3. The third-order valence-electron chi connectivity index (χ3n) is 4.37. The molecule has 0 aliphatic carbocycles. The van der Waals surface area contributed by atoms with Gasteiger partial charge in [0.1, 0.15) is 12.3 Å². The molecule has 0 heterocycles. The molecule has 0 aromatic heterocycles. The van der Waals surface area contributed by atoms with E-state index in [1.165, 1.54) is 7.11 Å². The molecule has 6 nitrogen and oxygen atoms in total. The highest BCUT2D eigenvalue weighted by molar-refractivity contribution is 6.01. The Morgan fingerprint density at radius 3 is 2.13 bits per heavy atom. The lowest BCUT2D eigenvalue weighted by Crippen LogP contribution is -2.32. The fourth-order valence-corrected chi connectivity index (χ4v) is 2.85. The fourth-order valence-electron chi connectivity index (χ4n) is 2.85. The zero-order valence-electron chi connectivity index (χ0n) is 16.4. The van der Waals surface area contributed by atoms with Gasteiger partial charge in [-0.15, -0.1) is 0 Å². The van der Waals surface area contributed by atoms with Gasteiger partial charge in [0.05, 0.1) is 7.11 Å². The molecule has 0 spiro atoms. The standard InChI is InChI=1S/C24H21NO5/c1-29-20-14-8-13-19(15-20)24(28)25-16-21(26)30-23(18-11-6-3-7-12-18)22(27)17-9-4-2-5-10-17/h2-15,23H,16H2,1H3,(H,25,28). The number of esters is 1. The SMILES string of the molecule is COc1cccc(C(=O)NCC(=O)OC(C(=O)c2ccccc2)c2ccccc2)c1. The van der Waals surface area contributed by atoms with Crippen LogP contribution in [0.1, 0.15) is 32.4 Å². The Bertz CT molecular complexity index is 1020. The number of carbonyl (C=O) groups excluding carboxylic acids is 3. The predicted molar refractivity (Wildman–Crippen MR) is 111 cm³/mol. The highest BCUT2D eigenvalue weighted by atomic mass is 16.5. The van der Waals surface area contributed by atoms with Gasteiger partial charge in [0.25, 0.3) is 5.91 Å². The van der Waals surface area contributed by atoms with Crippen molar-refractivity contribution in [3.8, 4) is 5.75 Å². The average molecular weight is 403 g/mol. The van der Waals surface area contributed by atoms with E-state index in [0.29, 0.717) is 22.4 Å². The van der Waals surface area contributed by atoms with E-state index in [1.807, 2.05) is 6.07 Å². The van der Waals surface area contributed by atoms with Gasteiger partial charge in [-0.3, -0.25) is 14.4 Å². The van der Waals surface area contributed by atoms with Crippen molar-refractivity contribution in [2.45, 2.75) is 6.10 Å². The lowest BCUT2D eigenvalue weighted by Gasteiger charge is -2.17. The van der Waals surface area contributed by atoms with Crippen LogP contribution in [0.4, 0.5) is 0 Å². The zero-order valence-corrected chi connectivity index (χ0v) is 16.4. The largest absolute Gasteiger partial charge is 0.497 e. The average Bonchev–Trinajstić information content (AvgIpc) is 2.81. The van der Waals surface area contributed by atoms with Crippen molar-refractivity contribution in [1.29, 1.82) is 0 Å². The van der Waals surface area contributed by atoms with Crippen molar-refractivity contribution in [2.75, 3.05) is 13.7 Å². The Hall–Kier alpha value is -3.93. The third-order valence-corrected chi connectivity index (χ3v) is 4.37. The number of methoxy groups -OCH3 is 1. The van der Waals surface area contributed by atoms with Crippen LogP contribution in [0.15, 0.2) is 84.9 Å². The molecule has 6 heteroatoms. The third kappa shape index (κ3) is 5.32. The number of ether oxygens (including phenoxy) is 2. The highest BCUT2D eigenvalue weighted by Crippen LogP contribution is 2.22. The van der Waals surface area contributed by atoms with Gasteiger partial charge in [-0.1, -0.05) is 66.7 Å². The Labute approximate surface area is 174 Å². The van der Waals surface area contributed by atoms with Crippen LogP contribution in [-0.2, 0) is 9.53 Å². The van der Waals surface area contributed by atoms with Crippen LogP contribution in [0, 0.1) is 0 Å². The topological polar surface area (TPSA) is 81.7 Å². The number of nitrogens with one attached hydrogen (secondary N) is 1. The number of Topliss-reactive ketones (excluding diaryl/α,β-unsaturated/α-hetero) is 1. The number of hydrogen-bond donors (Lipinski definition) is 1. The molecule has 1 atom stereocenters. The Kier molecular flexibility index (Phi) is 6.95. The summed E-state index contributed by atoms with van der Waals surface area (Å²) in [5.41, 5.74) is 1.33. The normalized spacial score (nSPS) is 11.2. The molecular formula is C24H21NO5. The van der Waals surface area contributed by atoms with Crippen molar-refractivity contribution in [3.05, 3.63) is 102 Å². The van der Waals surface area contributed by atoms with Gasteiger partial charge in [-0.25, -0.2) is 0 Å². The summed E-state index contributed by atoms with van der Waals surface area (Å²) in [6.45, 7) is -0.374. The maximum Gasteiger partial charge on any atom is 0.326 e. The maximum absolute atomic E-state index is 12.9. The molecule has 0 aliphatic heterocycles. The van der Waals surface area contributed by atoms with E-state index >= 15 is 0 Å². The molecule has 3 aromatic carbocycles. The van der Waals surface area contributed by atoms with Gasteiger partial charge in [-0.05, 0) is 18.2 Å². The molecular weight excluding hydrogens is 382 g/mol. The van der Waals surface area contributed by atoms with Gasteiger partial charge < -0.3 is 14.8 Å². The first-order valence-electron chi connectivity index (χ1n) is 9.34. The summed E-state index contributed by atoms with van der Waals surface area (Å²) in [5.74, 6) is -0.974. The van der Waals surface area contributed by atoms with Crippen molar-refractivity contribution < 1.29 is 23.9 Å². The van der Waals surface area contributed by atoms with E-state index in [4.69, 9.17) is 9.47 Å². The summed E-state index contributed by atoms with van der Waals surface area (Å²) >= 11 is 0. The minimum Gasteiger partial charge on any atom is -0.497 e. The van der Waals surface area contributed by atoms with Crippen molar-refractivity contribution >= 4 is 17.7 Å². The smallest absolute Gasteiger partial charge is 0.326 e. The second-order valence-corrected chi connectivity index (χ2v) is 6.43. The Morgan fingerprint density at radius 2 is 1.47 bits per heavy atom. The predicted octanol–water partition coefficient (Wildman–Crippen LogP) is 3.59. The van der Waals surface area contributed by atoms with E-state index in [1.54, 1.807) is 78.9 Å². The van der Waals surface area contributed by atoms with E-state index in [-0.39, 0.29) is 12.3 Å². The van der Waals surface area contributed by atoms with Crippen LogP contribution in [0.3, 0.4) is 0 Å². The molecule has 3 aromatic rings. The first-order valence-corrected chi connectivity index (χ1v) is 9.34. The molecule has 0 radical (unpaired) electrons. The molecule has 30 heavy (non-hydrogen) atoms. The second kappa shape index (κ2) is 10.0. The van der Waals surface area contributed by atoms with Gasteiger partial charge in [-0.2, -0.15) is 0 Å². The first-order chi connectivity index (χ1) is 14.6. The first kappa shape index (κ1) is 20.8. The van der Waals surface area contributed by atoms with Crippen LogP contribution in [0.5, 0.6) is 5.75 Å². The van der Waals surface area contributed by atoms with E-state index in [0.717, 1.165) is 0 Å². The summed E-state index contributed by atoms with van der Waals surface area (Å²) in [6, 6.07) is 23.9. The molecule has 1 N–H and O–H groups in total. The van der Waals surface area contributed by atoms with Gasteiger partial charge >= 0.3 is 5.97 Å². The van der Waals surface area contributed by atoms with Gasteiger partial charge in [0.2, 0.25) is 5.78 Å². The van der Waals surface area contributed by atoms with Crippen LogP contribution in [-0.4, -0.2) is 31.3 Å². The summed E-state index contributed by atoms with van der Waals surface area (Å²) in [7, 11) is 1.50. The van der Waals surface area contributed by atoms with Crippen LogP contribution < -0.4 is 10.1 Å². The summed E-state index contributed by atoms with van der Waals surface area (Å²) in [5, 5.41) is 2.51. The van der Waals surface area contributed by atoms with Crippen molar-refractivity contribution in [2.24, 2.45) is 0 Å². The lowest BCUT2D eigenvalue weighted by atomic mass is 10.00. The Balaban J connectivity index is 1.69. The van der Waals surface area contributed by atoms with Gasteiger partial charge in [0, 0.05) is 16.7 Å². The molecule has 3 rings (SSSR count). The van der Waals surface area contributed by atoms with Gasteiger partial charge in [0.15, 0.2) is 6.10 Å². The number of hydrogen-bond acceptors (Lipinski definition) is 5. The number of amides is 1. The second-order valence-electron chi connectivity index (χ2n) is 6.43. The molecule has 1 unspecified atom stereocenters. The Morgan fingerprint density at radius 1 is 0.833 bits per heavy atom. The molecule has 152 valence electrons. The molecule has 0 bridgehead atoms. The van der Waals surface area contributed by atoms with Crippen LogP contribution >= 0.6 is 0 Å². The van der Waals surface area contributed by atoms with Crippen LogP contribution in [0.25, 0.3) is 0 Å². The summed E-state index contributed by atoms with van der Waals surface area (Å²) in [4.78, 5) is 37.6. The monoisotopic (exact) mass is 403 g/mol. The summed E-state index contributed by atoms with van der Waals surface area (Å²) < 4.78 is 10.5.